The van der Waals surface area contributed by atoms with Gasteiger partial charge in [-0.05, 0) is 42.3 Å². The van der Waals surface area contributed by atoms with Crippen molar-refractivity contribution in [2.75, 3.05) is 5.32 Å². The summed E-state index contributed by atoms with van der Waals surface area (Å²) in [5.41, 5.74) is 10.3. The third kappa shape index (κ3) is 4.97. The third-order valence-electron chi connectivity index (χ3n) is 5.73. The van der Waals surface area contributed by atoms with E-state index in [-0.39, 0.29) is 12.6 Å². The minimum atomic E-state index is -0.842. The molecule has 5 aromatic rings. The minimum absolute atomic E-state index is 0.0176. The maximum atomic E-state index is 11.0. The second-order valence-corrected chi connectivity index (χ2v) is 8.27. The molecule has 0 aliphatic carbocycles. The van der Waals surface area contributed by atoms with Crippen molar-refractivity contribution in [3.8, 4) is 22.5 Å². The summed E-state index contributed by atoms with van der Waals surface area (Å²) in [4.78, 5) is 29.6. The highest BCUT2D eigenvalue weighted by atomic mass is 16.5. The van der Waals surface area contributed by atoms with Crippen LogP contribution >= 0.6 is 0 Å². The number of anilines is 1. The Kier molecular flexibility index (Phi) is 6.48. The lowest BCUT2D eigenvalue weighted by Crippen LogP contribution is -2.12. The lowest BCUT2D eigenvalue weighted by Gasteiger charge is -2.18. The van der Waals surface area contributed by atoms with E-state index in [9.17, 15) is 4.79 Å². The first-order chi connectivity index (χ1) is 17.6. The van der Waals surface area contributed by atoms with E-state index in [2.05, 4.69) is 33.5 Å². The molecular formula is C28H24N6O2. The van der Waals surface area contributed by atoms with Gasteiger partial charge < -0.3 is 15.8 Å². The fourth-order valence-corrected chi connectivity index (χ4v) is 4.03. The van der Waals surface area contributed by atoms with E-state index in [4.69, 9.17) is 20.4 Å². The molecule has 178 valence electrons. The van der Waals surface area contributed by atoms with Crippen molar-refractivity contribution >= 4 is 22.8 Å². The Balaban J connectivity index is 1.64. The van der Waals surface area contributed by atoms with Crippen molar-refractivity contribution < 1.29 is 9.53 Å². The summed E-state index contributed by atoms with van der Waals surface area (Å²) in [6, 6.07) is 23.8. The number of primary amides is 1. The van der Waals surface area contributed by atoms with E-state index in [0.29, 0.717) is 22.8 Å². The first-order valence-corrected chi connectivity index (χ1v) is 11.5. The molecule has 3 N–H and O–H groups in total. The lowest BCUT2D eigenvalue weighted by atomic mass is 10.0. The number of carbonyl (C=O) groups is 1. The van der Waals surface area contributed by atoms with Gasteiger partial charge in [-0.3, -0.25) is 9.97 Å². The van der Waals surface area contributed by atoms with Crippen molar-refractivity contribution in [1.29, 1.82) is 0 Å². The Bertz CT molecular complexity index is 1510. The largest absolute Gasteiger partial charge is 0.445 e. The quantitative estimate of drug-likeness (QED) is 0.318. The molecule has 2 aromatic carbocycles. The van der Waals surface area contributed by atoms with Gasteiger partial charge in [-0.2, -0.15) is 0 Å². The Morgan fingerprint density at radius 1 is 0.972 bits per heavy atom. The monoisotopic (exact) mass is 476 g/mol. The molecule has 36 heavy (non-hydrogen) atoms. The molecule has 0 radical (unpaired) electrons. The molecule has 5 rings (SSSR count). The van der Waals surface area contributed by atoms with Crippen molar-refractivity contribution in [2.45, 2.75) is 19.6 Å². The van der Waals surface area contributed by atoms with Crippen LogP contribution in [-0.2, 0) is 11.3 Å². The van der Waals surface area contributed by atoms with Gasteiger partial charge in [0.1, 0.15) is 12.4 Å². The van der Waals surface area contributed by atoms with E-state index in [0.717, 1.165) is 27.7 Å². The molecule has 1 atom stereocenters. The highest BCUT2D eigenvalue weighted by Gasteiger charge is 2.17. The van der Waals surface area contributed by atoms with Crippen molar-refractivity contribution in [3.63, 3.8) is 0 Å². The number of amides is 1. The van der Waals surface area contributed by atoms with Crippen LogP contribution in [0, 0.1) is 0 Å². The van der Waals surface area contributed by atoms with Gasteiger partial charge in [-0.15, -0.1) is 0 Å². The van der Waals surface area contributed by atoms with Crippen LogP contribution in [0.5, 0.6) is 0 Å². The summed E-state index contributed by atoms with van der Waals surface area (Å²) in [5, 5.41) is 4.47. The molecule has 0 saturated carbocycles. The van der Waals surface area contributed by atoms with Gasteiger partial charge in [-0.25, -0.2) is 14.8 Å². The first-order valence-electron chi connectivity index (χ1n) is 11.5. The van der Waals surface area contributed by atoms with E-state index in [1.54, 1.807) is 18.6 Å². The highest BCUT2D eigenvalue weighted by molar-refractivity contribution is 6.02. The second-order valence-electron chi connectivity index (χ2n) is 8.27. The zero-order valence-corrected chi connectivity index (χ0v) is 19.6. The van der Waals surface area contributed by atoms with Gasteiger partial charge in [0.15, 0.2) is 5.82 Å². The number of rotatable bonds is 7. The molecule has 0 saturated heterocycles. The molecule has 8 nitrogen and oxygen atoms in total. The van der Waals surface area contributed by atoms with Crippen LogP contribution in [0.15, 0.2) is 91.4 Å². The Morgan fingerprint density at radius 2 is 1.81 bits per heavy atom. The van der Waals surface area contributed by atoms with Crippen molar-refractivity contribution in [2.24, 2.45) is 5.73 Å². The third-order valence-corrected chi connectivity index (χ3v) is 5.73. The summed E-state index contributed by atoms with van der Waals surface area (Å²) in [5.74, 6) is 1.18. The molecule has 0 aliphatic heterocycles. The van der Waals surface area contributed by atoms with E-state index in [1.807, 2.05) is 61.5 Å². The minimum Gasteiger partial charge on any atom is -0.445 e. The van der Waals surface area contributed by atoms with Gasteiger partial charge in [0.2, 0.25) is 0 Å². The number of fused-ring (bicyclic) bond motifs is 1. The molecule has 0 fully saturated rings. The van der Waals surface area contributed by atoms with E-state index < -0.39 is 6.09 Å². The number of nitrogens with zero attached hydrogens (tertiary/aromatic N) is 4. The Morgan fingerprint density at radius 3 is 2.58 bits per heavy atom. The topological polar surface area (TPSA) is 116 Å². The van der Waals surface area contributed by atoms with E-state index in [1.165, 1.54) is 0 Å². The van der Waals surface area contributed by atoms with Crippen LogP contribution in [0.25, 0.3) is 33.4 Å². The van der Waals surface area contributed by atoms with Gasteiger partial charge in [0.05, 0.1) is 22.6 Å². The molecule has 1 unspecified atom stereocenters. The number of nitrogens with one attached hydrogen (secondary N) is 1. The zero-order chi connectivity index (χ0) is 24.9. The van der Waals surface area contributed by atoms with Gasteiger partial charge in [0, 0.05) is 29.7 Å². The van der Waals surface area contributed by atoms with Crippen LogP contribution in [0.3, 0.4) is 0 Å². The number of benzene rings is 2. The Labute approximate surface area is 208 Å². The average Bonchev–Trinajstić information content (AvgIpc) is 2.92. The highest BCUT2D eigenvalue weighted by Crippen LogP contribution is 2.35. The maximum absolute atomic E-state index is 11.0. The summed E-state index contributed by atoms with van der Waals surface area (Å²) in [6.07, 6.45) is 4.23. The molecule has 8 heteroatoms. The van der Waals surface area contributed by atoms with Crippen molar-refractivity contribution in [1.82, 2.24) is 19.9 Å². The van der Waals surface area contributed by atoms with Crippen LogP contribution < -0.4 is 11.1 Å². The molecule has 3 heterocycles. The maximum Gasteiger partial charge on any atom is 0.404 e. The molecule has 3 aromatic heterocycles. The summed E-state index contributed by atoms with van der Waals surface area (Å²) in [6.45, 7) is 2.06. The number of aromatic nitrogens is 4. The number of nitrogens with two attached hydrogens (primary N) is 1. The predicted molar refractivity (Wildman–Crippen MR) is 139 cm³/mol. The second kappa shape index (κ2) is 10.2. The predicted octanol–water partition coefficient (Wildman–Crippen LogP) is 5.52. The fraction of sp³-hybridized carbons (Fsp3) is 0.107. The van der Waals surface area contributed by atoms with Crippen LogP contribution in [-0.4, -0.2) is 26.0 Å². The number of hydrogen-bond acceptors (Lipinski definition) is 7. The van der Waals surface area contributed by atoms with Gasteiger partial charge in [-0.1, -0.05) is 48.5 Å². The lowest BCUT2D eigenvalue weighted by molar-refractivity contribution is 0.150. The van der Waals surface area contributed by atoms with Gasteiger partial charge in [0.25, 0.3) is 0 Å². The summed E-state index contributed by atoms with van der Waals surface area (Å²) in [7, 11) is 0. The average molecular weight is 477 g/mol. The summed E-state index contributed by atoms with van der Waals surface area (Å²) >= 11 is 0. The van der Waals surface area contributed by atoms with Crippen LogP contribution in [0.2, 0.25) is 0 Å². The molecule has 0 bridgehead atoms. The first kappa shape index (κ1) is 22.9. The van der Waals surface area contributed by atoms with E-state index >= 15 is 0 Å². The zero-order valence-electron chi connectivity index (χ0n) is 19.6. The number of hydrogen-bond donors (Lipinski definition) is 2. The van der Waals surface area contributed by atoms with Crippen LogP contribution in [0.1, 0.15) is 24.2 Å². The molecular weight excluding hydrogens is 452 g/mol. The van der Waals surface area contributed by atoms with Crippen molar-refractivity contribution in [3.05, 3.63) is 103 Å². The summed E-state index contributed by atoms with van der Waals surface area (Å²) < 4.78 is 4.92. The molecule has 0 aliphatic rings. The van der Waals surface area contributed by atoms with Gasteiger partial charge >= 0.3 is 6.09 Å². The Hall–Kier alpha value is -4.85. The number of pyridine rings is 2. The smallest absolute Gasteiger partial charge is 0.404 e. The number of carbonyl (C=O) groups excluding carboxylic acids is 1. The normalized spacial score (nSPS) is 11.7. The SMILES string of the molecule is CC(Nc1nc(-c2cncc(COC(N)=O)c2)nc2cccc(-c3ccccc3)c12)c1ccccn1. The van der Waals surface area contributed by atoms with Crippen LogP contribution in [0.4, 0.5) is 10.6 Å². The number of ether oxygens (including phenoxy) is 1. The molecule has 0 spiro atoms. The molecule has 1 amide bonds. The fourth-order valence-electron chi connectivity index (χ4n) is 4.03. The standard InChI is InChI=1S/C28H24N6O2/c1-18(23-11-5-6-13-31-23)32-27-25-22(20-8-3-2-4-9-20)10-7-12-24(25)33-26(34-27)21-14-19(15-30-16-21)17-36-28(29)35/h2-16,18H,17H2,1H3,(H2,29,35)(H,32,33,34).